The van der Waals surface area contributed by atoms with Gasteiger partial charge in [-0.25, -0.2) is 9.97 Å². The Morgan fingerprint density at radius 3 is 1.43 bits per heavy atom. The van der Waals surface area contributed by atoms with Crippen molar-refractivity contribution in [2.75, 3.05) is 0 Å². The van der Waals surface area contributed by atoms with Crippen molar-refractivity contribution in [2.45, 2.75) is 27.7 Å². The Morgan fingerprint density at radius 2 is 1.00 bits per heavy atom. The number of fused-ring (bicyclic) bond motifs is 8. The second-order valence-electron chi connectivity index (χ2n) is 7.63. The number of hydrogen-bond acceptors (Lipinski definition) is 2. The van der Waals surface area contributed by atoms with Crippen molar-refractivity contribution in [1.82, 2.24) is 19.9 Å². The predicted octanol–water partition coefficient (Wildman–Crippen LogP) is 5.95. The molecule has 4 heteroatoms. The highest BCUT2D eigenvalue weighted by Crippen LogP contribution is 2.25. The number of aromatic nitrogens is 4. The average molecular weight is 390 g/mol. The number of hydrogen-bond donors (Lipinski definition) is 2. The van der Waals surface area contributed by atoms with E-state index >= 15 is 0 Å². The third-order valence-electron chi connectivity index (χ3n) is 5.79. The van der Waals surface area contributed by atoms with Gasteiger partial charge in [0.2, 0.25) is 0 Å². The van der Waals surface area contributed by atoms with Crippen LogP contribution in [0.15, 0.2) is 24.3 Å². The molecule has 0 atom stereocenters. The summed E-state index contributed by atoms with van der Waals surface area (Å²) in [4.78, 5) is 16.8. The first kappa shape index (κ1) is 18.2. The molecule has 2 aliphatic rings. The lowest BCUT2D eigenvalue weighted by Crippen LogP contribution is -1.88. The van der Waals surface area contributed by atoms with Gasteiger partial charge in [-0.3, -0.25) is 0 Å². The summed E-state index contributed by atoms with van der Waals surface area (Å²) in [6, 6.07) is 8.35. The average Bonchev–Trinajstić information content (AvgIpc) is 3.56. The summed E-state index contributed by atoms with van der Waals surface area (Å²) in [5.41, 5.74) is 12.1. The first-order valence-electron chi connectivity index (χ1n) is 10.0. The fraction of sp³-hybridized carbons (Fsp3) is 0.154. The molecule has 0 saturated heterocycles. The molecule has 0 fully saturated rings. The molecule has 8 bridgehead atoms. The van der Waals surface area contributed by atoms with E-state index in [1.807, 2.05) is 6.92 Å². The van der Waals surface area contributed by atoms with Crippen LogP contribution in [0, 0.1) is 32.6 Å². The summed E-state index contributed by atoms with van der Waals surface area (Å²) in [5, 5.41) is 0. The Hall–Kier alpha value is -3.84. The van der Waals surface area contributed by atoms with Crippen LogP contribution < -0.4 is 0 Å². The second-order valence-corrected chi connectivity index (χ2v) is 7.63. The lowest BCUT2D eigenvalue weighted by molar-refractivity contribution is 1.19. The van der Waals surface area contributed by atoms with Crippen LogP contribution in [-0.2, 0) is 0 Å². The van der Waals surface area contributed by atoms with Crippen molar-refractivity contribution in [3.63, 3.8) is 0 Å². The zero-order valence-electron chi connectivity index (χ0n) is 17.5. The summed E-state index contributed by atoms with van der Waals surface area (Å²) in [7, 11) is 0. The van der Waals surface area contributed by atoms with E-state index in [9.17, 15) is 0 Å². The monoisotopic (exact) mass is 390 g/mol. The number of nitrogens with one attached hydrogen (secondary N) is 2. The summed E-state index contributed by atoms with van der Waals surface area (Å²) in [6.45, 7) is 8.12. The molecule has 3 aromatic heterocycles. The van der Waals surface area contributed by atoms with E-state index in [4.69, 9.17) is 9.97 Å². The standard InChI is InChI=1S/C26H22N4/c1-5-6-18-25-13-11-23(29-25)16(3)21-9-7-19(27-21)15(2)20-8-10-22(28-20)17(4)24-12-14-26(18)30-24/h7-14,29-30H,1-4H3. The number of aromatic amines is 2. The number of aryl methyl sites for hydroxylation is 2. The zero-order valence-corrected chi connectivity index (χ0v) is 17.5. The minimum absolute atomic E-state index is 0.944. The molecular weight excluding hydrogens is 368 g/mol. The van der Waals surface area contributed by atoms with Crippen LogP contribution in [-0.4, -0.2) is 19.9 Å². The summed E-state index contributed by atoms with van der Waals surface area (Å²) in [6.07, 6.45) is 8.28. The van der Waals surface area contributed by atoms with Crippen LogP contribution in [0.5, 0.6) is 0 Å². The Kier molecular flexibility index (Phi) is 4.18. The quantitative estimate of drug-likeness (QED) is 0.321. The van der Waals surface area contributed by atoms with Gasteiger partial charge in [0.25, 0.3) is 0 Å². The van der Waals surface area contributed by atoms with E-state index < -0.39 is 0 Å². The van der Waals surface area contributed by atoms with Gasteiger partial charge < -0.3 is 9.97 Å². The fourth-order valence-corrected chi connectivity index (χ4v) is 3.89. The molecule has 5 heterocycles. The Labute approximate surface area is 175 Å². The summed E-state index contributed by atoms with van der Waals surface area (Å²) in [5.74, 6) is 6.31. The first-order valence-corrected chi connectivity index (χ1v) is 10.0. The zero-order chi connectivity index (χ0) is 20.8. The van der Waals surface area contributed by atoms with Crippen molar-refractivity contribution in [3.05, 3.63) is 69.3 Å². The van der Waals surface area contributed by atoms with Gasteiger partial charge >= 0.3 is 0 Å². The number of nitrogens with zero attached hydrogens (tertiary/aromatic N) is 2. The SMILES string of the molecule is CC#Cc1c2ccc([nH]2)c(C)c2nc(c(C)c3nc(c(C)c4ccc1[nH]4)C=C3)C=C2. The lowest BCUT2D eigenvalue weighted by Gasteiger charge is -1.97. The highest BCUT2D eigenvalue weighted by Gasteiger charge is 2.11. The van der Waals surface area contributed by atoms with Crippen molar-refractivity contribution in [1.29, 1.82) is 0 Å². The van der Waals surface area contributed by atoms with E-state index in [-0.39, 0.29) is 0 Å². The van der Waals surface area contributed by atoms with Gasteiger partial charge in [-0.05, 0) is 87.4 Å². The summed E-state index contributed by atoms with van der Waals surface area (Å²) >= 11 is 0. The van der Waals surface area contributed by atoms with Gasteiger partial charge in [0, 0.05) is 16.6 Å². The van der Waals surface area contributed by atoms with E-state index in [2.05, 4.69) is 91.1 Å². The highest BCUT2D eigenvalue weighted by atomic mass is 14.8. The molecule has 2 N–H and O–H groups in total. The van der Waals surface area contributed by atoms with Crippen LogP contribution in [0.2, 0.25) is 0 Å². The van der Waals surface area contributed by atoms with Gasteiger partial charge in [0.05, 0.1) is 39.4 Å². The molecule has 0 spiro atoms. The molecule has 4 nitrogen and oxygen atoms in total. The third kappa shape index (κ3) is 2.87. The predicted molar refractivity (Wildman–Crippen MR) is 126 cm³/mol. The maximum atomic E-state index is 4.87. The Morgan fingerprint density at radius 1 is 0.600 bits per heavy atom. The molecule has 30 heavy (non-hydrogen) atoms. The van der Waals surface area contributed by atoms with Gasteiger partial charge in [-0.2, -0.15) is 0 Å². The van der Waals surface area contributed by atoms with Crippen molar-refractivity contribution in [2.24, 2.45) is 0 Å². The molecule has 146 valence electrons. The van der Waals surface area contributed by atoms with Gasteiger partial charge in [-0.1, -0.05) is 5.92 Å². The van der Waals surface area contributed by atoms with Crippen LogP contribution in [0.1, 0.15) is 52.0 Å². The lowest BCUT2D eigenvalue weighted by atomic mass is 10.2. The molecule has 0 aromatic carbocycles. The number of rotatable bonds is 0. The van der Waals surface area contributed by atoms with Gasteiger partial charge in [0.1, 0.15) is 0 Å². The van der Waals surface area contributed by atoms with E-state index in [0.29, 0.717) is 0 Å². The van der Waals surface area contributed by atoms with Crippen molar-refractivity contribution < 1.29 is 0 Å². The fourth-order valence-electron chi connectivity index (χ4n) is 3.89. The normalized spacial score (nSPS) is 12.1. The molecule has 2 aliphatic heterocycles. The Balaban J connectivity index is 1.99. The molecule has 0 radical (unpaired) electrons. The molecule has 0 aliphatic carbocycles. The van der Waals surface area contributed by atoms with Crippen LogP contribution >= 0.6 is 0 Å². The van der Waals surface area contributed by atoms with Crippen LogP contribution in [0.4, 0.5) is 0 Å². The molecule has 5 rings (SSSR count). The number of H-pyrrole nitrogens is 2. The summed E-state index contributed by atoms with van der Waals surface area (Å²) < 4.78 is 0. The molecule has 0 amide bonds. The van der Waals surface area contributed by atoms with Crippen molar-refractivity contribution in [3.8, 4) is 11.8 Å². The topological polar surface area (TPSA) is 57.4 Å². The molecule has 3 aromatic rings. The Bertz CT molecular complexity index is 1380. The van der Waals surface area contributed by atoms with E-state index in [1.54, 1.807) is 0 Å². The smallest absolute Gasteiger partial charge is 0.0715 e. The molecule has 0 saturated carbocycles. The van der Waals surface area contributed by atoms with Crippen LogP contribution in [0.3, 0.4) is 0 Å². The minimum Gasteiger partial charge on any atom is -0.354 e. The molecular formula is C26H22N4. The largest absolute Gasteiger partial charge is 0.354 e. The van der Waals surface area contributed by atoms with E-state index in [0.717, 1.165) is 67.1 Å². The van der Waals surface area contributed by atoms with Crippen LogP contribution in [0.25, 0.3) is 46.4 Å². The minimum atomic E-state index is 0.944. The maximum Gasteiger partial charge on any atom is 0.0715 e. The third-order valence-corrected chi connectivity index (χ3v) is 5.79. The molecule has 0 unspecified atom stereocenters. The van der Waals surface area contributed by atoms with Gasteiger partial charge in [-0.15, -0.1) is 5.92 Å². The van der Waals surface area contributed by atoms with Gasteiger partial charge in [0.15, 0.2) is 0 Å². The van der Waals surface area contributed by atoms with E-state index in [1.165, 1.54) is 0 Å². The van der Waals surface area contributed by atoms with Crippen molar-refractivity contribution >= 4 is 46.4 Å². The second kappa shape index (κ2) is 6.89. The maximum absolute atomic E-state index is 4.87. The first-order chi connectivity index (χ1) is 14.5. The highest BCUT2D eigenvalue weighted by molar-refractivity contribution is 5.84.